The van der Waals surface area contributed by atoms with Crippen LogP contribution in [0.1, 0.15) is 20.8 Å². The number of hydrogen-bond acceptors (Lipinski definition) is 5. The normalized spacial score (nSPS) is 12.3. The van der Waals surface area contributed by atoms with Crippen LogP contribution in [0.25, 0.3) is 0 Å². The predicted octanol–water partition coefficient (Wildman–Crippen LogP) is 3.69. The number of carbonyl (C=O) groups excluding carboxylic acids is 1. The third-order valence-corrected chi connectivity index (χ3v) is 5.52. The second-order valence-corrected chi connectivity index (χ2v) is 8.94. The van der Waals surface area contributed by atoms with E-state index in [0.717, 1.165) is 0 Å². The van der Waals surface area contributed by atoms with Crippen LogP contribution in [-0.2, 0) is 14.8 Å². The number of benzene rings is 2. The molecule has 0 aliphatic carbocycles. The van der Waals surface area contributed by atoms with E-state index in [-0.39, 0.29) is 16.5 Å². The number of rotatable bonds is 9. The number of anilines is 1. The van der Waals surface area contributed by atoms with Crippen molar-refractivity contribution in [2.75, 3.05) is 18.4 Å². The lowest BCUT2D eigenvalue weighted by molar-refractivity contribution is -0.127. The molecular formula is C20H25ClN2O5S. The highest BCUT2D eigenvalue weighted by atomic mass is 35.5. The minimum absolute atomic E-state index is 0.0313. The zero-order valence-electron chi connectivity index (χ0n) is 16.7. The van der Waals surface area contributed by atoms with E-state index < -0.39 is 16.1 Å². The Morgan fingerprint density at radius 1 is 1.10 bits per heavy atom. The molecule has 0 saturated carbocycles. The molecule has 29 heavy (non-hydrogen) atoms. The molecule has 2 aromatic carbocycles. The molecule has 9 heteroatoms. The molecule has 7 nitrogen and oxygen atoms in total. The molecule has 0 unspecified atom stereocenters. The number of amides is 1. The maximum Gasteiger partial charge on any atom is 0.262 e. The molecule has 2 aromatic rings. The van der Waals surface area contributed by atoms with E-state index in [1.165, 1.54) is 37.4 Å². The highest BCUT2D eigenvalue weighted by molar-refractivity contribution is 7.92. The molecule has 0 aliphatic heterocycles. The molecule has 0 bridgehead atoms. The third-order valence-electron chi connectivity index (χ3n) is 3.91. The number of ether oxygens (including phenoxy) is 2. The van der Waals surface area contributed by atoms with E-state index in [1.54, 1.807) is 19.1 Å². The highest BCUT2D eigenvalue weighted by Gasteiger charge is 2.18. The first-order chi connectivity index (χ1) is 13.6. The van der Waals surface area contributed by atoms with Gasteiger partial charge in [-0.2, -0.15) is 0 Å². The van der Waals surface area contributed by atoms with Gasteiger partial charge in [0, 0.05) is 11.6 Å². The first-order valence-corrected chi connectivity index (χ1v) is 10.9. The largest absolute Gasteiger partial charge is 0.495 e. The van der Waals surface area contributed by atoms with Crippen molar-refractivity contribution >= 4 is 33.2 Å². The van der Waals surface area contributed by atoms with Gasteiger partial charge in [0.1, 0.15) is 11.5 Å². The van der Waals surface area contributed by atoms with Crippen molar-refractivity contribution in [2.24, 2.45) is 5.92 Å². The van der Waals surface area contributed by atoms with Gasteiger partial charge in [0.05, 0.1) is 17.7 Å². The Labute approximate surface area is 176 Å². The van der Waals surface area contributed by atoms with Crippen LogP contribution in [-0.4, -0.2) is 34.1 Å². The Bertz CT molecular complexity index is 946. The first kappa shape index (κ1) is 22.8. The van der Waals surface area contributed by atoms with Crippen LogP contribution in [0.2, 0.25) is 5.02 Å². The second kappa shape index (κ2) is 9.84. The van der Waals surface area contributed by atoms with E-state index in [4.69, 9.17) is 21.1 Å². The van der Waals surface area contributed by atoms with Gasteiger partial charge in [-0.3, -0.25) is 9.52 Å². The van der Waals surface area contributed by atoms with Crippen LogP contribution in [0.3, 0.4) is 0 Å². The number of nitrogens with one attached hydrogen (secondary N) is 2. The van der Waals surface area contributed by atoms with Crippen LogP contribution < -0.4 is 19.5 Å². The molecule has 0 saturated heterocycles. The van der Waals surface area contributed by atoms with Crippen LogP contribution in [0, 0.1) is 5.92 Å². The maximum atomic E-state index is 12.7. The molecular weight excluding hydrogens is 416 g/mol. The standard InChI is InChI=1S/C20H25ClN2O5S/c1-13(2)12-22-20(24)14(3)28-16-6-8-17(9-7-16)29(25,26)23-18-11-15(21)5-10-19(18)27-4/h5-11,13-14,23H,12H2,1-4H3,(H,22,24)/t14-/m0/s1. The third kappa shape index (κ3) is 6.54. The summed E-state index contributed by atoms with van der Waals surface area (Å²) in [6.07, 6.45) is -0.704. The fraction of sp³-hybridized carbons (Fsp3) is 0.350. The minimum atomic E-state index is -3.87. The zero-order chi connectivity index (χ0) is 21.6. The van der Waals surface area contributed by atoms with Gasteiger partial charge < -0.3 is 14.8 Å². The van der Waals surface area contributed by atoms with Crippen LogP contribution in [0.15, 0.2) is 47.4 Å². The van der Waals surface area contributed by atoms with Crippen LogP contribution >= 0.6 is 11.6 Å². The summed E-state index contributed by atoms with van der Waals surface area (Å²) in [5.74, 6) is 0.835. The summed E-state index contributed by atoms with van der Waals surface area (Å²) in [6, 6.07) is 10.4. The van der Waals surface area contributed by atoms with E-state index in [9.17, 15) is 13.2 Å². The summed E-state index contributed by atoms with van der Waals surface area (Å²) < 4.78 is 38.5. The molecule has 158 valence electrons. The predicted molar refractivity (Wildman–Crippen MR) is 113 cm³/mol. The molecule has 1 atom stereocenters. The highest BCUT2D eigenvalue weighted by Crippen LogP contribution is 2.30. The Kier molecular flexibility index (Phi) is 7.75. The molecule has 2 rings (SSSR count). The van der Waals surface area contributed by atoms with E-state index in [2.05, 4.69) is 10.0 Å². The van der Waals surface area contributed by atoms with Crippen molar-refractivity contribution < 1.29 is 22.7 Å². The van der Waals surface area contributed by atoms with Gasteiger partial charge in [-0.05, 0) is 55.3 Å². The quantitative estimate of drug-likeness (QED) is 0.620. The Hall–Kier alpha value is -2.45. The molecule has 0 heterocycles. The van der Waals surface area contributed by atoms with E-state index in [1.807, 2.05) is 13.8 Å². The van der Waals surface area contributed by atoms with Crippen molar-refractivity contribution in [3.63, 3.8) is 0 Å². The van der Waals surface area contributed by atoms with Gasteiger partial charge in [-0.1, -0.05) is 25.4 Å². The van der Waals surface area contributed by atoms with Crippen molar-refractivity contribution in [3.8, 4) is 11.5 Å². The van der Waals surface area contributed by atoms with Gasteiger partial charge in [-0.25, -0.2) is 8.42 Å². The van der Waals surface area contributed by atoms with Gasteiger partial charge in [-0.15, -0.1) is 0 Å². The van der Waals surface area contributed by atoms with Crippen molar-refractivity contribution in [3.05, 3.63) is 47.5 Å². The molecule has 2 N–H and O–H groups in total. The topological polar surface area (TPSA) is 93.7 Å². The molecule has 0 spiro atoms. The summed E-state index contributed by atoms with van der Waals surface area (Å²) in [5.41, 5.74) is 0.232. The van der Waals surface area contributed by atoms with Crippen molar-refractivity contribution in [1.29, 1.82) is 0 Å². The fourth-order valence-corrected chi connectivity index (χ4v) is 3.60. The number of sulfonamides is 1. The summed E-state index contributed by atoms with van der Waals surface area (Å²) in [6.45, 7) is 6.19. The molecule has 0 aliphatic rings. The number of halogens is 1. The van der Waals surface area contributed by atoms with Gasteiger partial charge in [0.2, 0.25) is 0 Å². The lowest BCUT2D eigenvalue weighted by Gasteiger charge is -2.16. The van der Waals surface area contributed by atoms with E-state index in [0.29, 0.717) is 29.0 Å². The van der Waals surface area contributed by atoms with Crippen LogP contribution in [0.4, 0.5) is 5.69 Å². The summed E-state index contributed by atoms with van der Waals surface area (Å²) in [5, 5.41) is 3.16. The molecule has 0 aromatic heterocycles. The van der Waals surface area contributed by atoms with Gasteiger partial charge >= 0.3 is 0 Å². The SMILES string of the molecule is COc1ccc(Cl)cc1NS(=O)(=O)c1ccc(O[C@@H](C)C(=O)NCC(C)C)cc1. The lowest BCUT2D eigenvalue weighted by Crippen LogP contribution is -2.38. The monoisotopic (exact) mass is 440 g/mol. The lowest BCUT2D eigenvalue weighted by atomic mass is 10.2. The van der Waals surface area contributed by atoms with Crippen LogP contribution in [0.5, 0.6) is 11.5 Å². The Morgan fingerprint density at radius 3 is 2.34 bits per heavy atom. The van der Waals surface area contributed by atoms with Crippen molar-refractivity contribution in [2.45, 2.75) is 31.8 Å². The Morgan fingerprint density at radius 2 is 1.76 bits per heavy atom. The smallest absolute Gasteiger partial charge is 0.262 e. The maximum absolute atomic E-state index is 12.7. The first-order valence-electron chi connectivity index (χ1n) is 9.03. The number of methoxy groups -OCH3 is 1. The summed E-state index contributed by atoms with van der Waals surface area (Å²) in [4.78, 5) is 12.0. The van der Waals surface area contributed by atoms with E-state index >= 15 is 0 Å². The second-order valence-electron chi connectivity index (χ2n) is 6.82. The van der Waals surface area contributed by atoms with Gasteiger partial charge in [0.15, 0.2) is 6.10 Å². The average molecular weight is 441 g/mol. The summed E-state index contributed by atoms with van der Waals surface area (Å²) in [7, 11) is -2.43. The average Bonchev–Trinajstić information content (AvgIpc) is 2.66. The summed E-state index contributed by atoms with van der Waals surface area (Å²) >= 11 is 5.94. The fourth-order valence-electron chi connectivity index (χ4n) is 2.37. The zero-order valence-corrected chi connectivity index (χ0v) is 18.3. The molecule has 1 amide bonds. The van der Waals surface area contributed by atoms with Crippen molar-refractivity contribution in [1.82, 2.24) is 5.32 Å². The molecule has 0 fully saturated rings. The van der Waals surface area contributed by atoms with Gasteiger partial charge in [0.25, 0.3) is 15.9 Å². The minimum Gasteiger partial charge on any atom is -0.495 e. The number of hydrogen-bond donors (Lipinski definition) is 2. The molecule has 0 radical (unpaired) electrons. The Balaban J connectivity index is 2.09. The number of carbonyl (C=O) groups is 1.